The standard InChI is InChI=1S/C21H35N5O2S/c1-2-22-21(26-6-5-18(17-26)24-7-11-27-12-8-24)23-16-19(20-4-3-15-29-20)25-9-13-28-14-10-25/h3-4,15,18-19H,2,5-14,16-17H2,1H3,(H,22,23). The van der Waals surface area contributed by atoms with E-state index in [4.69, 9.17) is 14.5 Å². The van der Waals surface area contributed by atoms with Crippen LogP contribution in [0.15, 0.2) is 22.5 Å². The second-order valence-electron chi connectivity index (χ2n) is 7.91. The van der Waals surface area contributed by atoms with Gasteiger partial charge in [0.2, 0.25) is 0 Å². The van der Waals surface area contributed by atoms with E-state index in [1.807, 2.05) is 11.3 Å². The number of nitrogens with one attached hydrogen (secondary N) is 1. The van der Waals surface area contributed by atoms with Gasteiger partial charge in [-0.25, -0.2) is 0 Å². The van der Waals surface area contributed by atoms with Crippen molar-refractivity contribution in [3.8, 4) is 0 Å². The van der Waals surface area contributed by atoms with Gasteiger partial charge in [-0.15, -0.1) is 11.3 Å². The Morgan fingerprint density at radius 3 is 2.62 bits per heavy atom. The third-order valence-corrected chi connectivity index (χ3v) is 7.11. The van der Waals surface area contributed by atoms with Crippen molar-refractivity contribution in [2.75, 3.05) is 78.8 Å². The molecule has 162 valence electrons. The van der Waals surface area contributed by atoms with Gasteiger partial charge in [-0.3, -0.25) is 14.8 Å². The number of nitrogens with zero attached hydrogens (tertiary/aromatic N) is 4. The van der Waals surface area contributed by atoms with Crippen LogP contribution in [0.5, 0.6) is 0 Å². The first kappa shape index (κ1) is 21.1. The maximum absolute atomic E-state index is 5.57. The molecular formula is C21H35N5O2S. The lowest BCUT2D eigenvalue weighted by atomic mass is 10.2. The Hall–Kier alpha value is -1.19. The van der Waals surface area contributed by atoms with Gasteiger partial charge < -0.3 is 19.7 Å². The highest BCUT2D eigenvalue weighted by Gasteiger charge is 2.31. The van der Waals surface area contributed by atoms with Crippen LogP contribution in [0.2, 0.25) is 0 Å². The van der Waals surface area contributed by atoms with Crippen LogP contribution < -0.4 is 5.32 Å². The number of hydrogen-bond acceptors (Lipinski definition) is 6. The second kappa shape index (κ2) is 10.7. The van der Waals surface area contributed by atoms with Crippen molar-refractivity contribution in [2.24, 2.45) is 4.99 Å². The molecule has 1 N–H and O–H groups in total. The summed E-state index contributed by atoms with van der Waals surface area (Å²) in [6.07, 6.45) is 1.21. The molecule has 2 unspecified atom stereocenters. The van der Waals surface area contributed by atoms with Crippen LogP contribution in [0.25, 0.3) is 0 Å². The molecule has 3 fully saturated rings. The molecule has 29 heavy (non-hydrogen) atoms. The van der Waals surface area contributed by atoms with Gasteiger partial charge in [-0.05, 0) is 24.8 Å². The first-order valence-electron chi connectivity index (χ1n) is 11.1. The largest absolute Gasteiger partial charge is 0.379 e. The summed E-state index contributed by atoms with van der Waals surface area (Å²) in [5.41, 5.74) is 0. The molecule has 0 radical (unpaired) electrons. The van der Waals surface area contributed by atoms with Crippen molar-refractivity contribution in [2.45, 2.75) is 25.4 Å². The molecule has 8 heteroatoms. The van der Waals surface area contributed by atoms with Gasteiger partial charge in [-0.1, -0.05) is 6.07 Å². The Bertz CT molecular complexity index is 629. The van der Waals surface area contributed by atoms with E-state index >= 15 is 0 Å². The first-order valence-corrected chi connectivity index (χ1v) is 11.9. The van der Waals surface area contributed by atoms with E-state index in [0.29, 0.717) is 12.1 Å². The summed E-state index contributed by atoms with van der Waals surface area (Å²) in [7, 11) is 0. The molecule has 3 aliphatic heterocycles. The lowest BCUT2D eigenvalue weighted by Crippen LogP contribution is -2.47. The van der Waals surface area contributed by atoms with E-state index in [0.717, 1.165) is 84.7 Å². The summed E-state index contributed by atoms with van der Waals surface area (Å²) in [5.74, 6) is 1.07. The molecule has 3 saturated heterocycles. The van der Waals surface area contributed by atoms with Gasteiger partial charge in [0.15, 0.2) is 5.96 Å². The summed E-state index contributed by atoms with van der Waals surface area (Å²) < 4.78 is 11.1. The minimum atomic E-state index is 0.338. The molecule has 3 aliphatic rings. The van der Waals surface area contributed by atoms with Gasteiger partial charge in [0.25, 0.3) is 0 Å². The van der Waals surface area contributed by atoms with Crippen molar-refractivity contribution >= 4 is 17.3 Å². The smallest absolute Gasteiger partial charge is 0.194 e. The normalized spacial score (nSPS) is 26.0. The minimum absolute atomic E-state index is 0.338. The molecule has 0 spiro atoms. The summed E-state index contributed by atoms with van der Waals surface area (Å²) in [4.78, 5) is 14.1. The average Bonchev–Trinajstić information content (AvgIpc) is 3.47. The Morgan fingerprint density at radius 2 is 1.93 bits per heavy atom. The fourth-order valence-electron chi connectivity index (χ4n) is 4.53. The van der Waals surface area contributed by atoms with Crippen LogP contribution >= 0.6 is 11.3 Å². The van der Waals surface area contributed by atoms with Crippen molar-refractivity contribution in [3.05, 3.63) is 22.4 Å². The quantitative estimate of drug-likeness (QED) is 0.555. The van der Waals surface area contributed by atoms with Crippen molar-refractivity contribution in [3.63, 3.8) is 0 Å². The number of hydrogen-bond donors (Lipinski definition) is 1. The molecule has 1 aromatic heterocycles. The van der Waals surface area contributed by atoms with Crippen LogP contribution in [0.3, 0.4) is 0 Å². The fourth-order valence-corrected chi connectivity index (χ4v) is 5.38. The lowest BCUT2D eigenvalue weighted by Gasteiger charge is -2.34. The van der Waals surface area contributed by atoms with E-state index in [-0.39, 0.29) is 0 Å². The van der Waals surface area contributed by atoms with Gasteiger partial charge in [0, 0.05) is 56.7 Å². The maximum atomic E-state index is 5.57. The zero-order valence-electron chi connectivity index (χ0n) is 17.6. The third kappa shape index (κ3) is 5.49. The minimum Gasteiger partial charge on any atom is -0.379 e. The van der Waals surface area contributed by atoms with Gasteiger partial charge in [-0.2, -0.15) is 0 Å². The van der Waals surface area contributed by atoms with Gasteiger partial charge >= 0.3 is 0 Å². The number of rotatable bonds is 6. The predicted molar refractivity (Wildman–Crippen MR) is 118 cm³/mol. The Labute approximate surface area is 178 Å². The van der Waals surface area contributed by atoms with E-state index in [1.54, 1.807) is 0 Å². The van der Waals surface area contributed by atoms with E-state index in [9.17, 15) is 0 Å². The van der Waals surface area contributed by atoms with E-state index < -0.39 is 0 Å². The SMILES string of the molecule is CCNC(=NCC(c1cccs1)N1CCOCC1)N1CCC(N2CCOCC2)C1. The number of morpholine rings is 2. The second-order valence-corrected chi connectivity index (χ2v) is 8.89. The highest BCUT2D eigenvalue weighted by atomic mass is 32.1. The van der Waals surface area contributed by atoms with E-state index in [1.165, 1.54) is 11.3 Å². The molecule has 4 heterocycles. The Balaban J connectivity index is 1.42. The summed E-state index contributed by atoms with van der Waals surface area (Å²) >= 11 is 1.84. The Morgan fingerprint density at radius 1 is 1.17 bits per heavy atom. The zero-order chi connectivity index (χ0) is 19.9. The molecule has 7 nitrogen and oxygen atoms in total. The van der Waals surface area contributed by atoms with Crippen molar-refractivity contribution < 1.29 is 9.47 Å². The number of ether oxygens (including phenoxy) is 2. The van der Waals surface area contributed by atoms with Gasteiger partial charge in [0.05, 0.1) is 39.0 Å². The molecule has 0 amide bonds. The fraction of sp³-hybridized carbons (Fsp3) is 0.762. The highest BCUT2D eigenvalue weighted by molar-refractivity contribution is 7.10. The van der Waals surface area contributed by atoms with Crippen LogP contribution in [-0.2, 0) is 9.47 Å². The molecule has 0 bridgehead atoms. The number of aliphatic imine (C=N–C) groups is 1. The number of thiophene rings is 1. The molecule has 0 saturated carbocycles. The van der Waals surface area contributed by atoms with Crippen molar-refractivity contribution in [1.82, 2.24) is 20.0 Å². The number of guanidine groups is 1. The maximum Gasteiger partial charge on any atom is 0.194 e. The van der Waals surface area contributed by atoms with Crippen LogP contribution in [-0.4, -0.2) is 105 Å². The van der Waals surface area contributed by atoms with Crippen LogP contribution in [0.1, 0.15) is 24.3 Å². The summed E-state index contributed by atoms with van der Waals surface area (Å²) in [6.45, 7) is 13.5. The monoisotopic (exact) mass is 421 g/mol. The van der Waals surface area contributed by atoms with Crippen molar-refractivity contribution in [1.29, 1.82) is 0 Å². The molecule has 0 aliphatic carbocycles. The lowest BCUT2D eigenvalue weighted by molar-refractivity contribution is 0.0185. The highest BCUT2D eigenvalue weighted by Crippen LogP contribution is 2.26. The first-order chi connectivity index (χ1) is 14.3. The predicted octanol–water partition coefficient (Wildman–Crippen LogP) is 1.49. The molecule has 1 aromatic rings. The average molecular weight is 422 g/mol. The van der Waals surface area contributed by atoms with Gasteiger partial charge in [0.1, 0.15) is 0 Å². The zero-order valence-corrected chi connectivity index (χ0v) is 18.4. The molecule has 2 atom stereocenters. The van der Waals surface area contributed by atoms with E-state index in [2.05, 4.69) is 44.5 Å². The summed E-state index contributed by atoms with van der Waals surface area (Å²) in [5, 5.41) is 5.72. The van der Waals surface area contributed by atoms with Crippen LogP contribution in [0.4, 0.5) is 0 Å². The molecular weight excluding hydrogens is 386 g/mol. The van der Waals surface area contributed by atoms with Crippen LogP contribution in [0, 0.1) is 0 Å². The number of likely N-dealkylation sites (tertiary alicyclic amines) is 1. The third-order valence-electron chi connectivity index (χ3n) is 6.13. The summed E-state index contributed by atoms with van der Waals surface area (Å²) in [6, 6.07) is 5.35. The molecule has 0 aromatic carbocycles. The molecule has 4 rings (SSSR count). The topological polar surface area (TPSA) is 52.6 Å². The Kier molecular flexibility index (Phi) is 7.79.